The Bertz CT molecular complexity index is 906. The van der Waals surface area contributed by atoms with Crippen LogP contribution < -0.4 is 16.0 Å². The molecule has 3 amide bonds. The molecule has 0 radical (unpaired) electrons. The fraction of sp³-hybridized carbons (Fsp3) is 0.250. The van der Waals surface area contributed by atoms with E-state index in [4.69, 9.17) is 5.73 Å². The van der Waals surface area contributed by atoms with Crippen molar-refractivity contribution >= 4 is 29.1 Å². The molecule has 1 aliphatic rings. The maximum atomic E-state index is 14.3. The van der Waals surface area contributed by atoms with Gasteiger partial charge in [-0.2, -0.15) is 0 Å². The number of amides is 3. The minimum Gasteiger partial charge on any atom is -0.366 e. The Morgan fingerprint density at radius 3 is 2.11 bits per heavy atom. The first-order valence-electron chi connectivity index (χ1n) is 8.86. The molecule has 0 aliphatic carbocycles. The van der Waals surface area contributed by atoms with E-state index in [1.54, 1.807) is 41.3 Å². The average molecular weight is 384 g/mol. The minimum atomic E-state index is -0.668. The van der Waals surface area contributed by atoms with Gasteiger partial charge in [0.1, 0.15) is 5.82 Å². The van der Waals surface area contributed by atoms with Crippen molar-refractivity contribution < 1.29 is 18.8 Å². The Balaban J connectivity index is 1.62. The van der Waals surface area contributed by atoms with Crippen molar-refractivity contribution in [3.05, 3.63) is 59.4 Å². The fourth-order valence-corrected chi connectivity index (χ4v) is 3.15. The average Bonchev–Trinajstić information content (AvgIpc) is 2.67. The molecule has 3 rings (SSSR count). The van der Waals surface area contributed by atoms with E-state index in [0.717, 1.165) is 0 Å². The molecule has 0 spiro atoms. The third-order valence-electron chi connectivity index (χ3n) is 4.66. The Kier molecular flexibility index (Phi) is 5.58. The summed E-state index contributed by atoms with van der Waals surface area (Å²) in [7, 11) is 0. The second-order valence-corrected chi connectivity index (χ2v) is 6.57. The van der Waals surface area contributed by atoms with Crippen LogP contribution in [0.1, 0.15) is 27.6 Å². The highest BCUT2D eigenvalue weighted by atomic mass is 19.1. The summed E-state index contributed by atoms with van der Waals surface area (Å²) >= 11 is 0. The van der Waals surface area contributed by atoms with Gasteiger partial charge in [-0.25, -0.2) is 9.18 Å². The van der Waals surface area contributed by atoms with E-state index in [-0.39, 0.29) is 11.7 Å². The molecule has 2 aromatic rings. The minimum absolute atomic E-state index is 0.127. The number of carbonyl (C=O) groups is 3. The number of piperazine rings is 1. The SMILES string of the molecule is CC(=O)c1ccc(N2CCN(C(=O)c3ccc(NC(N)=O)cc3)CC2)c(F)c1. The topological polar surface area (TPSA) is 95.7 Å². The quantitative estimate of drug-likeness (QED) is 0.792. The summed E-state index contributed by atoms with van der Waals surface area (Å²) in [5.41, 5.74) is 6.84. The van der Waals surface area contributed by atoms with Crippen molar-refractivity contribution in [3.8, 4) is 0 Å². The molecule has 0 aromatic heterocycles. The first kappa shape index (κ1) is 19.3. The number of carbonyl (C=O) groups excluding carboxylic acids is 3. The van der Waals surface area contributed by atoms with Gasteiger partial charge >= 0.3 is 6.03 Å². The number of hydrogen-bond donors (Lipinski definition) is 2. The molecular weight excluding hydrogens is 363 g/mol. The highest BCUT2D eigenvalue weighted by Crippen LogP contribution is 2.23. The number of hydrogen-bond acceptors (Lipinski definition) is 4. The molecule has 146 valence electrons. The molecule has 0 bridgehead atoms. The van der Waals surface area contributed by atoms with Gasteiger partial charge in [-0.1, -0.05) is 0 Å². The molecule has 1 saturated heterocycles. The van der Waals surface area contributed by atoms with Crippen molar-refractivity contribution in [3.63, 3.8) is 0 Å². The Morgan fingerprint density at radius 1 is 0.964 bits per heavy atom. The zero-order valence-corrected chi connectivity index (χ0v) is 15.4. The lowest BCUT2D eigenvalue weighted by molar-refractivity contribution is 0.0746. The van der Waals surface area contributed by atoms with Crippen molar-refractivity contribution in [2.24, 2.45) is 5.73 Å². The maximum absolute atomic E-state index is 14.3. The lowest BCUT2D eigenvalue weighted by Gasteiger charge is -2.36. The van der Waals surface area contributed by atoms with Crippen molar-refractivity contribution in [2.75, 3.05) is 36.4 Å². The third kappa shape index (κ3) is 4.28. The maximum Gasteiger partial charge on any atom is 0.316 e. The van der Waals surface area contributed by atoms with E-state index < -0.39 is 11.8 Å². The zero-order chi connectivity index (χ0) is 20.3. The lowest BCUT2D eigenvalue weighted by Crippen LogP contribution is -2.49. The van der Waals surface area contributed by atoms with Gasteiger partial charge < -0.3 is 20.9 Å². The van der Waals surface area contributed by atoms with Gasteiger partial charge in [-0.3, -0.25) is 9.59 Å². The number of Topliss-reactive ketones (excluding diaryl/α,β-unsaturated/α-hetero) is 1. The molecule has 28 heavy (non-hydrogen) atoms. The summed E-state index contributed by atoms with van der Waals surface area (Å²) in [6.45, 7) is 3.28. The first-order valence-corrected chi connectivity index (χ1v) is 8.86. The van der Waals surface area contributed by atoms with Gasteiger partial charge in [0.25, 0.3) is 5.91 Å². The number of benzene rings is 2. The van der Waals surface area contributed by atoms with Crippen LogP contribution in [-0.2, 0) is 0 Å². The number of nitrogens with one attached hydrogen (secondary N) is 1. The fourth-order valence-electron chi connectivity index (χ4n) is 3.15. The molecule has 3 N–H and O–H groups in total. The van der Waals surface area contributed by atoms with E-state index in [1.807, 2.05) is 4.90 Å². The molecule has 0 unspecified atom stereocenters. The lowest BCUT2D eigenvalue weighted by atomic mass is 10.1. The van der Waals surface area contributed by atoms with Crippen LogP contribution in [0.25, 0.3) is 0 Å². The van der Waals surface area contributed by atoms with E-state index in [0.29, 0.717) is 48.7 Å². The van der Waals surface area contributed by atoms with Crippen molar-refractivity contribution in [1.29, 1.82) is 0 Å². The standard InChI is InChI=1S/C20H21FN4O3/c1-13(26)15-4-7-18(17(21)12-15)24-8-10-25(11-9-24)19(27)14-2-5-16(6-3-14)23-20(22)28/h2-7,12H,8-11H2,1H3,(H3,22,23,28). The van der Waals surface area contributed by atoms with E-state index in [2.05, 4.69) is 5.32 Å². The molecule has 1 heterocycles. The molecule has 2 aromatic carbocycles. The molecular formula is C20H21FN4O3. The summed E-state index contributed by atoms with van der Waals surface area (Å²) in [5, 5.41) is 2.44. The number of nitrogens with two attached hydrogens (primary N) is 1. The molecule has 1 aliphatic heterocycles. The summed E-state index contributed by atoms with van der Waals surface area (Å²) in [6.07, 6.45) is 0. The summed E-state index contributed by atoms with van der Waals surface area (Å²) in [4.78, 5) is 38.4. The predicted octanol–water partition coefficient (Wildman–Crippen LogP) is 2.48. The molecule has 8 heteroatoms. The molecule has 1 fully saturated rings. The number of rotatable bonds is 4. The number of nitrogens with zero attached hydrogens (tertiary/aromatic N) is 2. The van der Waals surface area contributed by atoms with Gasteiger partial charge in [0, 0.05) is 43.0 Å². The largest absolute Gasteiger partial charge is 0.366 e. The first-order chi connectivity index (χ1) is 13.3. The van der Waals surface area contributed by atoms with Crippen LogP contribution in [0.15, 0.2) is 42.5 Å². The van der Waals surface area contributed by atoms with E-state index in [1.165, 1.54) is 13.0 Å². The number of urea groups is 1. The second kappa shape index (κ2) is 8.08. The van der Waals surface area contributed by atoms with Crippen LogP contribution in [-0.4, -0.2) is 48.8 Å². The predicted molar refractivity (Wildman–Crippen MR) is 104 cm³/mol. The molecule has 0 saturated carbocycles. The smallest absolute Gasteiger partial charge is 0.316 e. The Morgan fingerprint density at radius 2 is 1.57 bits per heavy atom. The number of primary amides is 1. The van der Waals surface area contributed by atoms with Crippen molar-refractivity contribution in [1.82, 2.24) is 4.90 Å². The summed E-state index contributed by atoms with van der Waals surface area (Å²) in [5.74, 6) is -0.749. The van der Waals surface area contributed by atoms with Gasteiger partial charge in [0.15, 0.2) is 5.78 Å². The summed E-state index contributed by atoms with van der Waals surface area (Å²) in [6, 6.07) is 10.3. The highest BCUT2D eigenvalue weighted by Gasteiger charge is 2.24. The zero-order valence-electron chi connectivity index (χ0n) is 15.4. The summed E-state index contributed by atoms with van der Waals surface area (Å²) < 4.78 is 14.3. The Labute approximate surface area is 161 Å². The van der Waals surface area contributed by atoms with E-state index in [9.17, 15) is 18.8 Å². The normalized spacial score (nSPS) is 13.9. The number of halogens is 1. The van der Waals surface area contributed by atoms with Crippen LogP contribution in [0.4, 0.5) is 20.6 Å². The Hall–Kier alpha value is -3.42. The molecule has 7 nitrogen and oxygen atoms in total. The second-order valence-electron chi connectivity index (χ2n) is 6.57. The van der Waals surface area contributed by atoms with Crippen LogP contribution in [0.5, 0.6) is 0 Å². The van der Waals surface area contributed by atoms with Gasteiger partial charge in [0.05, 0.1) is 5.69 Å². The van der Waals surface area contributed by atoms with E-state index >= 15 is 0 Å². The van der Waals surface area contributed by atoms with Crippen LogP contribution in [0.3, 0.4) is 0 Å². The van der Waals surface area contributed by atoms with Crippen molar-refractivity contribution in [2.45, 2.75) is 6.92 Å². The highest BCUT2D eigenvalue weighted by molar-refractivity contribution is 5.96. The van der Waals surface area contributed by atoms with Crippen LogP contribution in [0.2, 0.25) is 0 Å². The van der Waals surface area contributed by atoms with Gasteiger partial charge in [-0.15, -0.1) is 0 Å². The molecule has 0 atom stereocenters. The van der Waals surface area contributed by atoms with Crippen LogP contribution >= 0.6 is 0 Å². The van der Waals surface area contributed by atoms with Crippen LogP contribution in [0, 0.1) is 5.82 Å². The van der Waals surface area contributed by atoms with Gasteiger partial charge in [0.2, 0.25) is 0 Å². The monoisotopic (exact) mass is 384 g/mol. The number of anilines is 2. The number of ketones is 1. The van der Waals surface area contributed by atoms with Gasteiger partial charge in [-0.05, 0) is 49.4 Å². The third-order valence-corrected chi connectivity index (χ3v) is 4.66.